The van der Waals surface area contributed by atoms with Gasteiger partial charge in [0.2, 0.25) is 5.91 Å². The molecule has 1 N–H and O–H groups in total. The van der Waals surface area contributed by atoms with Gasteiger partial charge in [-0.1, -0.05) is 12.1 Å². The Kier molecular flexibility index (Phi) is 6.21. The van der Waals surface area contributed by atoms with Crippen molar-refractivity contribution in [3.63, 3.8) is 0 Å². The molecule has 0 spiro atoms. The molecule has 1 fully saturated rings. The van der Waals surface area contributed by atoms with E-state index in [0.717, 1.165) is 31.7 Å². The normalized spacial score (nSPS) is 17.9. The Hall–Kier alpha value is -1.39. The number of anilines is 1. The van der Waals surface area contributed by atoms with Gasteiger partial charge < -0.3 is 15.0 Å². The van der Waals surface area contributed by atoms with E-state index in [1.54, 1.807) is 0 Å². The second-order valence-electron chi connectivity index (χ2n) is 5.57. The zero-order chi connectivity index (χ0) is 15.1. The van der Waals surface area contributed by atoms with Crippen LogP contribution in [-0.4, -0.2) is 38.3 Å². The number of rotatable bonds is 7. The van der Waals surface area contributed by atoms with E-state index in [1.807, 2.05) is 36.9 Å². The molecule has 1 atom stereocenters. The second kappa shape index (κ2) is 8.15. The van der Waals surface area contributed by atoms with Crippen molar-refractivity contribution in [1.29, 1.82) is 0 Å². The maximum absolute atomic E-state index is 12.3. The Morgan fingerprint density at radius 2 is 2.33 bits per heavy atom. The van der Waals surface area contributed by atoms with E-state index in [0.29, 0.717) is 25.6 Å². The first-order valence-electron chi connectivity index (χ1n) is 7.90. The fourth-order valence-electron chi connectivity index (χ4n) is 2.70. The van der Waals surface area contributed by atoms with Gasteiger partial charge in [-0.25, -0.2) is 0 Å². The van der Waals surface area contributed by atoms with Crippen LogP contribution in [0.1, 0.15) is 31.7 Å². The number of ether oxygens (including phenoxy) is 1. The monoisotopic (exact) mass is 290 g/mol. The van der Waals surface area contributed by atoms with Crippen LogP contribution in [0, 0.1) is 6.92 Å². The number of carbonyl (C=O) groups excluding carboxylic acids is 1. The zero-order valence-electron chi connectivity index (χ0n) is 13.1. The Labute approximate surface area is 127 Å². The zero-order valence-corrected chi connectivity index (χ0v) is 13.1. The Bertz CT molecular complexity index is 456. The summed E-state index contributed by atoms with van der Waals surface area (Å²) in [6.45, 7) is 7.20. The minimum Gasteiger partial charge on any atom is -0.377 e. The number of hydrogen-bond acceptors (Lipinski definition) is 3. The van der Waals surface area contributed by atoms with Crippen LogP contribution in [0.25, 0.3) is 0 Å². The average molecular weight is 290 g/mol. The van der Waals surface area contributed by atoms with Crippen molar-refractivity contribution in [3.8, 4) is 0 Å². The topological polar surface area (TPSA) is 41.6 Å². The van der Waals surface area contributed by atoms with Crippen molar-refractivity contribution in [2.24, 2.45) is 0 Å². The summed E-state index contributed by atoms with van der Waals surface area (Å²) in [5, 5.41) is 3.33. The maximum Gasteiger partial charge on any atom is 0.228 e. The number of nitrogens with zero attached hydrogens (tertiary/aromatic N) is 1. The highest BCUT2D eigenvalue weighted by Gasteiger charge is 2.16. The predicted octanol–water partition coefficient (Wildman–Crippen LogP) is 2.51. The SMILES string of the molecule is CCN(C(=O)CCNCC1CCCO1)c1cccc(C)c1. The van der Waals surface area contributed by atoms with Crippen LogP contribution in [-0.2, 0) is 9.53 Å². The molecule has 0 radical (unpaired) electrons. The molecule has 1 heterocycles. The number of aryl methyl sites for hydroxylation is 1. The second-order valence-corrected chi connectivity index (χ2v) is 5.57. The van der Waals surface area contributed by atoms with Gasteiger partial charge in [-0.2, -0.15) is 0 Å². The van der Waals surface area contributed by atoms with E-state index in [9.17, 15) is 4.79 Å². The minimum atomic E-state index is 0.169. The molecule has 0 aliphatic carbocycles. The molecule has 1 amide bonds. The number of carbonyl (C=O) groups is 1. The molecule has 1 unspecified atom stereocenters. The van der Waals surface area contributed by atoms with Crippen molar-refractivity contribution in [2.75, 3.05) is 31.1 Å². The summed E-state index contributed by atoms with van der Waals surface area (Å²) < 4.78 is 5.55. The summed E-state index contributed by atoms with van der Waals surface area (Å²) in [6, 6.07) is 8.09. The summed E-state index contributed by atoms with van der Waals surface area (Å²) in [5.41, 5.74) is 2.16. The van der Waals surface area contributed by atoms with Gasteiger partial charge in [-0.05, 0) is 44.4 Å². The van der Waals surface area contributed by atoms with E-state index < -0.39 is 0 Å². The fraction of sp³-hybridized carbons (Fsp3) is 0.588. The Morgan fingerprint density at radius 3 is 3.00 bits per heavy atom. The van der Waals surface area contributed by atoms with Crippen LogP contribution in [0.5, 0.6) is 0 Å². The summed E-state index contributed by atoms with van der Waals surface area (Å²) in [7, 11) is 0. The standard InChI is InChI=1S/C17H26N2O2/c1-3-19(15-7-4-6-14(2)12-15)17(20)9-10-18-13-16-8-5-11-21-16/h4,6-7,12,16,18H,3,5,8-11,13H2,1-2H3. The lowest BCUT2D eigenvalue weighted by atomic mass is 10.2. The molecule has 0 saturated carbocycles. The molecule has 1 aliphatic heterocycles. The van der Waals surface area contributed by atoms with Crippen LogP contribution in [0.3, 0.4) is 0 Å². The van der Waals surface area contributed by atoms with E-state index in [4.69, 9.17) is 4.74 Å². The smallest absolute Gasteiger partial charge is 0.228 e. The molecule has 0 bridgehead atoms. The number of benzene rings is 1. The van der Waals surface area contributed by atoms with Crippen LogP contribution >= 0.6 is 0 Å². The highest BCUT2D eigenvalue weighted by Crippen LogP contribution is 2.16. The molecule has 4 nitrogen and oxygen atoms in total. The van der Waals surface area contributed by atoms with Gasteiger partial charge in [0, 0.05) is 38.3 Å². The van der Waals surface area contributed by atoms with Crippen LogP contribution < -0.4 is 10.2 Å². The summed E-state index contributed by atoms with van der Waals surface area (Å²) >= 11 is 0. The van der Waals surface area contributed by atoms with Crippen molar-refractivity contribution >= 4 is 11.6 Å². The number of nitrogens with one attached hydrogen (secondary N) is 1. The van der Waals surface area contributed by atoms with Gasteiger partial charge in [0.1, 0.15) is 0 Å². The first kappa shape index (κ1) is 16.0. The van der Waals surface area contributed by atoms with Gasteiger partial charge in [0.05, 0.1) is 6.10 Å². The fourth-order valence-corrected chi connectivity index (χ4v) is 2.70. The van der Waals surface area contributed by atoms with Crippen molar-refractivity contribution in [3.05, 3.63) is 29.8 Å². The van der Waals surface area contributed by atoms with Gasteiger partial charge in [0.15, 0.2) is 0 Å². The van der Waals surface area contributed by atoms with Gasteiger partial charge >= 0.3 is 0 Å². The lowest BCUT2D eigenvalue weighted by Crippen LogP contribution is -2.34. The first-order chi connectivity index (χ1) is 10.2. The lowest BCUT2D eigenvalue weighted by molar-refractivity contribution is -0.118. The van der Waals surface area contributed by atoms with Crippen LogP contribution in [0.15, 0.2) is 24.3 Å². The molecule has 1 aromatic rings. The third-order valence-corrected chi connectivity index (χ3v) is 3.84. The van der Waals surface area contributed by atoms with Gasteiger partial charge in [0.25, 0.3) is 0 Å². The quantitative estimate of drug-likeness (QED) is 0.785. The minimum absolute atomic E-state index is 0.169. The van der Waals surface area contributed by atoms with E-state index in [-0.39, 0.29) is 5.91 Å². The third kappa shape index (κ3) is 4.83. The van der Waals surface area contributed by atoms with Crippen molar-refractivity contribution in [2.45, 2.75) is 39.2 Å². The summed E-state index contributed by atoms with van der Waals surface area (Å²) in [4.78, 5) is 14.2. The van der Waals surface area contributed by atoms with E-state index >= 15 is 0 Å². The Balaban J connectivity index is 1.77. The molecule has 1 aliphatic rings. The maximum atomic E-state index is 12.3. The molecular weight excluding hydrogens is 264 g/mol. The van der Waals surface area contributed by atoms with E-state index in [1.165, 1.54) is 5.56 Å². The first-order valence-corrected chi connectivity index (χ1v) is 7.90. The van der Waals surface area contributed by atoms with E-state index in [2.05, 4.69) is 11.4 Å². The molecule has 116 valence electrons. The number of hydrogen-bond donors (Lipinski definition) is 1. The molecule has 4 heteroatoms. The highest BCUT2D eigenvalue weighted by molar-refractivity contribution is 5.93. The Morgan fingerprint density at radius 1 is 1.48 bits per heavy atom. The predicted molar refractivity (Wildman–Crippen MR) is 85.7 cm³/mol. The molecule has 0 aromatic heterocycles. The molecular formula is C17H26N2O2. The molecule has 21 heavy (non-hydrogen) atoms. The summed E-state index contributed by atoms with van der Waals surface area (Å²) in [6.07, 6.45) is 3.14. The largest absolute Gasteiger partial charge is 0.377 e. The average Bonchev–Trinajstić information content (AvgIpc) is 2.98. The highest BCUT2D eigenvalue weighted by atomic mass is 16.5. The molecule has 1 saturated heterocycles. The van der Waals surface area contributed by atoms with Crippen molar-refractivity contribution in [1.82, 2.24) is 5.32 Å². The summed E-state index contributed by atoms with van der Waals surface area (Å²) in [5.74, 6) is 0.169. The third-order valence-electron chi connectivity index (χ3n) is 3.84. The molecule has 2 rings (SSSR count). The van der Waals surface area contributed by atoms with Crippen molar-refractivity contribution < 1.29 is 9.53 Å². The number of amides is 1. The van der Waals surface area contributed by atoms with Crippen LogP contribution in [0.4, 0.5) is 5.69 Å². The lowest BCUT2D eigenvalue weighted by Gasteiger charge is -2.22. The van der Waals surface area contributed by atoms with Crippen LogP contribution in [0.2, 0.25) is 0 Å². The van der Waals surface area contributed by atoms with Gasteiger partial charge in [-0.15, -0.1) is 0 Å². The molecule has 1 aromatic carbocycles. The van der Waals surface area contributed by atoms with Gasteiger partial charge in [-0.3, -0.25) is 4.79 Å².